The van der Waals surface area contributed by atoms with Crippen LogP contribution in [0.15, 0.2) is 30.9 Å². The number of para-hydroxylation sites is 1. The van der Waals surface area contributed by atoms with Gasteiger partial charge in [0.25, 0.3) is 0 Å². The number of anilines is 1. The Morgan fingerprint density at radius 3 is 2.95 bits per heavy atom. The Kier molecular flexibility index (Phi) is 5.42. The summed E-state index contributed by atoms with van der Waals surface area (Å²) in [6.07, 6.45) is 1.61. The molecule has 0 saturated heterocycles. The van der Waals surface area contributed by atoms with E-state index in [-0.39, 0.29) is 5.91 Å². The smallest absolute Gasteiger partial charge is 0.242 e. The van der Waals surface area contributed by atoms with Gasteiger partial charge < -0.3 is 15.4 Å². The number of nitrogens with zero attached hydrogens (tertiary/aromatic N) is 1. The summed E-state index contributed by atoms with van der Waals surface area (Å²) in [4.78, 5) is 11.8. The number of methoxy groups -OCH3 is 1. The average molecular weight is 259 g/mol. The lowest BCUT2D eigenvalue weighted by Crippen LogP contribution is -2.37. The van der Waals surface area contributed by atoms with E-state index in [1.807, 2.05) is 0 Å². The van der Waals surface area contributed by atoms with Crippen LogP contribution < -0.4 is 15.4 Å². The molecule has 1 aromatic carbocycles. The summed E-state index contributed by atoms with van der Waals surface area (Å²) in [6.45, 7) is 5.65. The number of ether oxygens (including phenoxy) is 1. The Hall–Kier alpha value is -2.48. The molecule has 0 radical (unpaired) electrons. The van der Waals surface area contributed by atoms with Gasteiger partial charge in [0.15, 0.2) is 0 Å². The number of nitriles is 1. The molecule has 0 aliphatic carbocycles. The van der Waals surface area contributed by atoms with Crippen LogP contribution in [0.4, 0.5) is 5.69 Å². The SMILES string of the molecule is C=CCNC(=O)C(C)Nc1c(C#N)cccc1OC. The highest BCUT2D eigenvalue weighted by Crippen LogP contribution is 2.28. The second-order valence-electron chi connectivity index (χ2n) is 3.89. The number of benzene rings is 1. The number of rotatable bonds is 6. The van der Waals surface area contributed by atoms with Gasteiger partial charge in [-0.25, -0.2) is 0 Å². The molecule has 0 aliphatic heterocycles. The highest BCUT2D eigenvalue weighted by molar-refractivity contribution is 5.85. The number of nitrogens with one attached hydrogen (secondary N) is 2. The number of hydrogen-bond donors (Lipinski definition) is 2. The number of carbonyl (C=O) groups excluding carboxylic acids is 1. The van der Waals surface area contributed by atoms with Gasteiger partial charge in [-0.2, -0.15) is 5.26 Å². The van der Waals surface area contributed by atoms with Crippen molar-refractivity contribution in [1.29, 1.82) is 5.26 Å². The Morgan fingerprint density at radius 1 is 1.63 bits per heavy atom. The van der Waals surface area contributed by atoms with Crippen LogP contribution >= 0.6 is 0 Å². The zero-order chi connectivity index (χ0) is 14.3. The van der Waals surface area contributed by atoms with Crippen molar-refractivity contribution in [2.45, 2.75) is 13.0 Å². The van der Waals surface area contributed by atoms with Crippen LogP contribution in [0, 0.1) is 11.3 Å². The minimum atomic E-state index is -0.483. The normalized spacial score (nSPS) is 11.0. The van der Waals surface area contributed by atoms with Crippen molar-refractivity contribution in [3.8, 4) is 11.8 Å². The average Bonchev–Trinajstić information content (AvgIpc) is 2.44. The number of amides is 1. The van der Waals surface area contributed by atoms with Crippen molar-refractivity contribution in [1.82, 2.24) is 5.32 Å². The second-order valence-corrected chi connectivity index (χ2v) is 3.89. The van der Waals surface area contributed by atoms with E-state index < -0.39 is 6.04 Å². The molecule has 0 fully saturated rings. The highest BCUT2D eigenvalue weighted by atomic mass is 16.5. The van der Waals surface area contributed by atoms with E-state index in [1.54, 1.807) is 31.2 Å². The van der Waals surface area contributed by atoms with E-state index in [0.29, 0.717) is 23.5 Å². The lowest BCUT2D eigenvalue weighted by atomic mass is 10.1. The second kappa shape index (κ2) is 7.07. The molecule has 0 bridgehead atoms. The van der Waals surface area contributed by atoms with Crippen molar-refractivity contribution in [2.75, 3.05) is 19.0 Å². The Labute approximate surface area is 112 Å². The topological polar surface area (TPSA) is 74.2 Å². The summed E-state index contributed by atoms with van der Waals surface area (Å²) < 4.78 is 5.19. The molecular formula is C14H17N3O2. The van der Waals surface area contributed by atoms with Gasteiger partial charge in [0.1, 0.15) is 17.9 Å². The van der Waals surface area contributed by atoms with E-state index >= 15 is 0 Å². The number of hydrogen-bond acceptors (Lipinski definition) is 4. The summed E-state index contributed by atoms with van der Waals surface area (Å²) in [5.41, 5.74) is 0.955. The zero-order valence-corrected chi connectivity index (χ0v) is 11.1. The van der Waals surface area contributed by atoms with Gasteiger partial charge in [-0.3, -0.25) is 4.79 Å². The first kappa shape index (κ1) is 14.6. The molecule has 19 heavy (non-hydrogen) atoms. The van der Waals surface area contributed by atoms with E-state index in [1.165, 1.54) is 7.11 Å². The fourth-order valence-electron chi connectivity index (χ4n) is 1.55. The molecule has 1 aromatic rings. The van der Waals surface area contributed by atoms with Gasteiger partial charge in [-0.05, 0) is 19.1 Å². The molecular weight excluding hydrogens is 242 g/mol. The van der Waals surface area contributed by atoms with Gasteiger partial charge in [-0.15, -0.1) is 6.58 Å². The fraction of sp³-hybridized carbons (Fsp3) is 0.286. The minimum Gasteiger partial charge on any atom is -0.495 e. The Morgan fingerprint density at radius 2 is 2.37 bits per heavy atom. The fourth-order valence-corrected chi connectivity index (χ4v) is 1.55. The molecule has 0 heterocycles. The Bertz CT molecular complexity index is 506. The summed E-state index contributed by atoms with van der Waals surface area (Å²) in [6, 6.07) is 6.71. The predicted molar refractivity (Wildman–Crippen MR) is 74.0 cm³/mol. The number of carbonyl (C=O) groups is 1. The van der Waals surface area contributed by atoms with Gasteiger partial charge in [0.05, 0.1) is 18.4 Å². The first-order valence-corrected chi connectivity index (χ1v) is 5.86. The van der Waals surface area contributed by atoms with Crippen molar-refractivity contribution in [2.24, 2.45) is 0 Å². The quantitative estimate of drug-likeness (QED) is 0.762. The third-order valence-corrected chi connectivity index (χ3v) is 2.54. The van der Waals surface area contributed by atoms with Crippen LogP contribution in [0.3, 0.4) is 0 Å². The maximum Gasteiger partial charge on any atom is 0.242 e. The molecule has 0 spiro atoms. The third-order valence-electron chi connectivity index (χ3n) is 2.54. The largest absolute Gasteiger partial charge is 0.495 e. The van der Waals surface area contributed by atoms with Gasteiger partial charge in [-0.1, -0.05) is 12.1 Å². The van der Waals surface area contributed by atoms with Crippen LogP contribution in [0.2, 0.25) is 0 Å². The first-order chi connectivity index (χ1) is 9.13. The van der Waals surface area contributed by atoms with Crippen LogP contribution in [0.5, 0.6) is 5.75 Å². The van der Waals surface area contributed by atoms with Crippen LogP contribution in [-0.2, 0) is 4.79 Å². The van der Waals surface area contributed by atoms with Crippen LogP contribution in [0.1, 0.15) is 12.5 Å². The zero-order valence-electron chi connectivity index (χ0n) is 11.1. The maximum atomic E-state index is 11.8. The molecule has 5 nitrogen and oxygen atoms in total. The van der Waals surface area contributed by atoms with Crippen molar-refractivity contribution in [3.63, 3.8) is 0 Å². The molecule has 100 valence electrons. The van der Waals surface area contributed by atoms with Crippen molar-refractivity contribution < 1.29 is 9.53 Å². The van der Waals surface area contributed by atoms with Crippen LogP contribution in [-0.4, -0.2) is 25.6 Å². The molecule has 1 unspecified atom stereocenters. The van der Waals surface area contributed by atoms with E-state index in [9.17, 15) is 4.79 Å². The minimum absolute atomic E-state index is 0.172. The molecule has 1 amide bonds. The Balaban J connectivity index is 2.89. The maximum absolute atomic E-state index is 11.8. The summed E-state index contributed by atoms with van der Waals surface area (Å²) >= 11 is 0. The molecule has 0 saturated carbocycles. The molecule has 5 heteroatoms. The van der Waals surface area contributed by atoms with Gasteiger partial charge in [0.2, 0.25) is 5.91 Å². The summed E-state index contributed by atoms with van der Waals surface area (Å²) in [5.74, 6) is 0.358. The monoisotopic (exact) mass is 259 g/mol. The molecule has 0 aliphatic rings. The van der Waals surface area contributed by atoms with E-state index in [2.05, 4.69) is 23.3 Å². The summed E-state index contributed by atoms with van der Waals surface area (Å²) in [5, 5.41) is 14.8. The lowest BCUT2D eigenvalue weighted by molar-refractivity contribution is -0.121. The van der Waals surface area contributed by atoms with E-state index in [4.69, 9.17) is 10.00 Å². The lowest BCUT2D eigenvalue weighted by Gasteiger charge is -2.17. The molecule has 0 aromatic heterocycles. The third kappa shape index (κ3) is 3.75. The predicted octanol–water partition coefficient (Wildman–Crippen LogP) is 1.67. The van der Waals surface area contributed by atoms with Gasteiger partial charge in [0, 0.05) is 6.54 Å². The van der Waals surface area contributed by atoms with E-state index in [0.717, 1.165) is 0 Å². The van der Waals surface area contributed by atoms with Crippen LogP contribution in [0.25, 0.3) is 0 Å². The standard InChI is InChI=1S/C14H17N3O2/c1-4-8-16-14(18)10(2)17-13-11(9-15)6-5-7-12(13)19-3/h4-7,10,17H,1,8H2,2-3H3,(H,16,18). The molecule has 1 atom stereocenters. The first-order valence-electron chi connectivity index (χ1n) is 5.86. The van der Waals surface area contributed by atoms with Crippen molar-refractivity contribution in [3.05, 3.63) is 36.4 Å². The van der Waals surface area contributed by atoms with Gasteiger partial charge >= 0.3 is 0 Å². The molecule has 2 N–H and O–H groups in total. The van der Waals surface area contributed by atoms with Crippen molar-refractivity contribution >= 4 is 11.6 Å². The summed E-state index contributed by atoms with van der Waals surface area (Å²) in [7, 11) is 1.52. The molecule has 1 rings (SSSR count). The highest BCUT2D eigenvalue weighted by Gasteiger charge is 2.16.